The maximum Gasteiger partial charge on any atom is 0.433 e. The van der Waals surface area contributed by atoms with Gasteiger partial charge >= 0.3 is 6.18 Å². The van der Waals surface area contributed by atoms with Crippen LogP contribution in [0.25, 0.3) is 22.9 Å². The lowest BCUT2D eigenvalue weighted by atomic mass is 10.1. The van der Waals surface area contributed by atoms with Gasteiger partial charge < -0.3 is 4.98 Å². The minimum absolute atomic E-state index is 0.118. The van der Waals surface area contributed by atoms with Crippen LogP contribution >= 0.6 is 34.2 Å². The van der Waals surface area contributed by atoms with Crippen molar-refractivity contribution in [1.29, 1.82) is 0 Å². The summed E-state index contributed by atoms with van der Waals surface area (Å²) in [4.78, 5) is 14.6. The molecule has 23 heavy (non-hydrogen) atoms. The summed E-state index contributed by atoms with van der Waals surface area (Å²) in [6, 6.07) is 7.27. The summed E-state index contributed by atoms with van der Waals surface area (Å²) in [5.74, 6) is 0.0587. The minimum Gasteiger partial charge on any atom is -0.341 e. The Balaban J connectivity index is 2.17. The first-order valence-corrected chi connectivity index (χ1v) is 7.72. The zero-order chi connectivity index (χ0) is 16.6. The molecular weight excluding hydrogens is 444 g/mol. The van der Waals surface area contributed by atoms with Crippen molar-refractivity contribution in [1.82, 2.24) is 19.9 Å². The van der Waals surface area contributed by atoms with Gasteiger partial charge in [0.25, 0.3) is 0 Å². The van der Waals surface area contributed by atoms with Crippen LogP contribution < -0.4 is 0 Å². The van der Waals surface area contributed by atoms with Crippen molar-refractivity contribution < 1.29 is 13.2 Å². The fourth-order valence-electron chi connectivity index (χ4n) is 1.88. The second-order valence-electron chi connectivity index (χ2n) is 4.54. The van der Waals surface area contributed by atoms with E-state index in [9.17, 15) is 13.2 Å². The molecule has 3 rings (SSSR count). The lowest BCUT2D eigenvalue weighted by molar-refractivity contribution is -0.141. The van der Waals surface area contributed by atoms with Gasteiger partial charge in [-0.05, 0) is 40.8 Å². The topological polar surface area (TPSA) is 54.5 Å². The van der Waals surface area contributed by atoms with E-state index < -0.39 is 11.9 Å². The van der Waals surface area contributed by atoms with Crippen molar-refractivity contribution in [2.24, 2.45) is 0 Å². The summed E-state index contributed by atoms with van der Waals surface area (Å²) in [5, 5.41) is 0.486. The monoisotopic (exact) mass is 450 g/mol. The number of benzene rings is 1. The molecule has 3 aromatic rings. The largest absolute Gasteiger partial charge is 0.433 e. The number of aromatic nitrogens is 4. The van der Waals surface area contributed by atoms with Gasteiger partial charge in [-0.15, -0.1) is 0 Å². The van der Waals surface area contributed by atoms with E-state index in [1.807, 2.05) is 22.6 Å². The number of nitrogens with zero attached hydrogens (tertiary/aromatic N) is 3. The lowest BCUT2D eigenvalue weighted by Crippen LogP contribution is -2.10. The standard InChI is InChI=1S/C14H7ClF3IN4/c15-8-3-1-7(2-4-8)9-5-10(14(16,17)18)22-13(21-9)12-20-6-11(19)23-12/h1-6H,(H,20,23). The third kappa shape index (κ3) is 3.63. The third-order valence-electron chi connectivity index (χ3n) is 2.91. The van der Waals surface area contributed by atoms with Crippen molar-refractivity contribution in [3.63, 3.8) is 0 Å². The van der Waals surface area contributed by atoms with Crippen molar-refractivity contribution in [2.75, 3.05) is 0 Å². The summed E-state index contributed by atoms with van der Waals surface area (Å²) in [6.45, 7) is 0. The van der Waals surface area contributed by atoms with Crippen LogP contribution in [0.4, 0.5) is 13.2 Å². The second-order valence-corrected chi connectivity index (χ2v) is 6.08. The molecule has 0 bridgehead atoms. The van der Waals surface area contributed by atoms with E-state index in [2.05, 4.69) is 19.9 Å². The maximum absolute atomic E-state index is 13.1. The predicted molar refractivity (Wildman–Crippen MR) is 87.8 cm³/mol. The molecule has 1 aromatic carbocycles. The average Bonchev–Trinajstić information content (AvgIpc) is 2.93. The van der Waals surface area contributed by atoms with Gasteiger partial charge in [0.2, 0.25) is 0 Å². The van der Waals surface area contributed by atoms with Gasteiger partial charge in [0.05, 0.1) is 5.69 Å². The van der Waals surface area contributed by atoms with Crippen molar-refractivity contribution in [3.8, 4) is 22.9 Å². The maximum atomic E-state index is 13.1. The van der Waals surface area contributed by atoms with Crippen molar-refractivity contribution in [3.05, 3.63) is 50.9 Å². The van der Waals surface area contributed by atoms with Gasteiger partial charge in [0, 0.05) is 16.8 Å². The van der Waals surface area contributed by atoms with E-state index in [0.29, 0.717) is 14.3 Å². The van der Waals surface area contributed by atoms with Crippen LogP contribution in [-0.2, 0) is 6.18 Å². The number of H-pyrrole nitrogens is 1. The number of aromatic amines is 1. The number of hydrogen-bond donors (Lipinski definition) is 1. The minimum atomic E-state index is -4.58. The van der Waals surface area contributed by atoms with Crippen LogP contribution in [0.15, 0.2) is 36.5 Å². The molecule has 4 nitrogen and oxygen atoms in total. The van der Waals surface area contributed by atoms with E-state index in [-0.39, 0.29) is 17.3 Å². The SMILES string of the molecule is FC(F)(F)c1cc(-c2ccc(Cl)cc2)nc(-c2nc(I)c[nH]2)n1. The number of nitrogens with one attached hydrogen (secondary N) is 1. The quantitative estimate of drug-likeness (QED) is 0.570. The van der Waals surface area contributed by atoms with Crippen LogP contribution in [0, 0.1) is 3.70 Å². The summed E-state index contributed by atoms with van der Waals surface area (Å²) < 4.78 is 39.9. The van der Waals surface area contributed by atoms with Crippen LogP contribution in [-0.4, -0.2) is 19.9 Å². The summed E-state index contributed by atoms with van der Waals surface area (Å²) in [6.07, 6.45) is -3.03. The van der Waals surface area contributed by atoms with E-state index >= 15 is 0 Å². The highest BCUT2D eigenvalue weighted by molar-refractivity contribution is 14.1. The molecule has 0 unspecified atom stereocenters. The molecule has 0 aliphatic heterocycles. The zero-order valence-electron chi connectivity index (χ0n) is 11.2. The Kier molecular flexibility index (Phi) is 4.28. The molecular formula is C14H7ClF3IN4. The lowest BCUT2D eigenvalue weighted by Gasteiger charge is -2.10. The molecule has 9 heteroatoms. The first kappa shape index (κ1) is 16.2. The van der Waals surface area contributed by atoms with Crippen molar-refractivity contribution in [2.45, 2.75) is 6.18 Å². The molecule has 0 spiro atoms. The Morgan fingerprint density at radius 3 is 2.30 bits per heavy atom. The number of imidazole rings is 1. The normalized spacial score (nSPS) is 11.7. The highest BCUT2D eigenvalue weighted by atomic mass is 127. The zero-order valence-corrected chi connectivity index (χ0v) is 14.1. The molecule has 118 valence electrons. The molecule has 2 aromatic heterocycles. The molecule has 0 fully saturated rings. The van der Waals surface area contributed by atoms with Gasteiger partial charge in [0.1, 0.15) is 9.39 Å². The fraction of sp³-hybridized carbons (Fsp3) is 0.0714. The van der Waals surface area contributed by atoms with E-state index in [4.69, 9.17) is 11.6 Å². The molecule has 0 atom stereocenters. The van der Waals surface area contributed by atoms with Gasteiger partial charge in [0.15, 0.2) is 11.6 Å². The van der Waals surface area contributed by atoms with Gasteiger partial charge in [-0.1, -0.05) is 23.7 Å². The predicted octanol–water partition coefficient (Wildman–Crippen LogP) is 4.81. The summed E-state index contributed by atoms with van der Waals surface area (Å²) >= 11 is 7.75. The molecule has 0 saturated carbocycles. The third-order valence-corrected chi connectivity index (χ3v) is 3.72. The average molecular weight is 451 g/mol. The van der Waals surface area contributed by atoms with Crippen LogP contribution in [0.3, 0.4) is 0 Å². The van der Waals surface area contributed by atoms with Gasteiger partial charge in [-0.25, -0.2) is 15.0 Å². The van der Waals surface area contributed by atoms with Crippen molar-refractivity contribution >= 4 is 34.2 Å². The Morgan fingerprint density at radius 2 is 1.74 bits per heavy atom. The Labute approximate surface area is 147 Å². The highest BCUT2D eigenvalue weighted by Gasteiger charge is 2.34. The molecule has 0 radical (unpaired) electrons. The summed E-state index contributed by atoms with van der Waals surface area (Å²) in [5.41, 5.74) is -0.380. The summed E-state index contributed by atoms with van der Waals surface area (Å²) in [7, 11) is 0. The number of alkyl halides is 3. The number of hydrogen-bond acceptors (Lipinski definition) is 3. The van der Waals surface area contributed by atoms with Crippen LogP contribution in [0.1, 0.15) is 5.69 Å². The number of rotatable bonds is 2. The highest BCUT2D eigenvalue weighted by Crippen LogP contribution is 2.32. The Bertz CT molecular complexity index is 846. The molecule has 1 N–H and O–H groups in total. The molecule has 0 amide bonds. The van der Waals surface area contributed by atoms with E-state index in [1.54, 1.807) is 30.5 Å². The Hall–Kier alpha value is -1.68. The number of halogens is 5. The van der Waals surface area contributed by atoms with Crippen LogP contribution in [0.2, 0.25) is 5.02 Å². The van der Waals surface area contributed by atoms with Crippen LogP contribution in [0.5, 0.6) is 0 Å². The molecule has 0 saturated heterocycles. The smallest absolute Gasteiger partial charge is 0.341 e. The fourth-order valence-corrected chi connectivity index (χ4v) is 2.40. The molecule has 0 aliphatic carbocycles. The van der Waals surface area contributed by atoms with E-state index in [0.717, 1.165) is 6.07 Å². The first-order chi connectivity index (χ1) is 10.8. The van der Waals surface area contributed by atoms with Gasteiger partial charge in [-0.2, -0.15) is 13.2 Å². The first-order valence-electron chi connectivity index (χ1n) is 6.26. The molecule has 2 heterocycles. The Morgan fingerprint density at radius 1 is 1.04 bits per heavy atom. The van der Waals surface area contributed by atoms with Gasteiger partial charge in [-0.3, -0.25) is 0 Å². The molecule has 0 aliphatic rings. The van der Waals surface area contributed by atoms with E-state index in [1.165, 1.54) is 0 Å². The second kappa shape index (κ2) is 6.08.